The second-order valence-electron chi connectivity index (χ2n) is 5.10. The molecule has 0 radical (unpaired) electrons. The van der Waals surface area contributed by atoms with Crippen molar-refractivity contribution in [2.45, 2.75) is 25.7 Å². The first-order chi connectivity index (χ1) is 11.5. The van der Waals surface area contributed by atoms with E-state index in [1.165, 1.54) is 0 Å². The van der Waals surface area contributed by atoms with Crippen molar-refractivity contribution in [3.05, 3.63) is 33.3 Å². The molecular weight excluding hydrogens is 355 g/mol. The van der Waals surface area contributed by atoms with E-state index in [1.54, 1.807) is 28.4 Å². The zero-order valence-electron chi connectivity index (χ0n) is 14.5. The smallest absolute Gasteiger partial charge is 0.169 e. The predicted octanol–water partition coefficient (Wildman–Crippen LogP) is 2.41. The fourth-order valence-corrected chi connectivity index (χ4v) is 2.58. The molecule has 138 valence electrons. The second-order valence-corrected chi connectivity index (χ2v) is 5.91. The Hall–Kier alpha value is -0.440. The van der Waals surface area contributed by atoms with Crippen molar-refractivity contribution < 1.29 is 18.9 Å². The highest BCUT2D eigenvalue weighted by Crippen LogP contribution is 2.25. The molecule has 0 saturated carbocycles. The Kier molecular flexibility index (Phi) is 10.8. The highest BCUT2D eigenvalue weighted by molar-refractivity contribution is 6.34. The second kappa shape index (κ2) is 12.0. The molecule has 1 aromatic rings. The lowest BCUT2D eigenvalue weighted by Gasteiger charge is -2.16. The fourth-order valence-electron chi connectivity index (χ4n) is 2.08. The van der Waals surface area contributed by atoms with Crippen LogP contribution in [0, 0.1) is 0 Å². The summed E-state index contributed by atoms with van der Waals surface area (Å²) < 4.78 is 20.5. The molecule has 6 nitrogen and oxygen atoms in total. The van der Waals surface area contributed by atoms with Gasteiger partial charge in [0.1, 0.15) is 0 Å². The summed E-state index contributed by atoms with van der Waals surface area (Å²) in [5.74, 6) is 0. The van der Waals surface area contributed by atoms with Gasteiger partial charge >= 0.3 is 0 Å². The Morgan fingerprint density at radius 1 is 0.750 bits per heavy atom. The first-order valence-corrected chi connectivity index (χ1v) is 8.30. The van der Waals surface area contributed by atoms with Gasteiger partial charge in [-0.15, -0.1) is 0 Å². The van der Waals surface area contributed by atoms with Crippen LogP contribution in [-0.2, 0) is 32.0 Å². The van der Waals surface area contributed by atoms with Crippen LogP contribution in [0.1, 0.15) is 11.1 Å². The number of hydrogen-bond donors (Lipinski definition) is 2. The van der Waals surface area contributed by atoms with Gasteiger partial charge in [-0.25, -0.2) is 0 Å². The van der Waals surface area contributed by atoms with E-state index in [0.717, 1.165) is 11.1 Å². The molecular formula is C16H26Cl2N2O4. The normalized spacial score (nSPS) is 11.7. The summed E-state index contributed by atoms with van der Waals surface area (Å²) in [7, 11) is 6.39. The fraction of sp³-hybridized carbons (Fsp3) is 0.625. The summed E-state index contributed by atoms with van der Waals surface area (Å²) in [6, 6.07) is 3.74. The van der Waals surface area contributed by atoms with Crippen LogP contribution in [0.15, 0.2) is 12.1 Å². The van der Waals surface area contributed by atoms with Gasteiger partial charge in [0.15, 0.2) is 12.6 Å². The third-order valence-electron chi connectivity index (χ3n) is 3.52. The van der Waals surface area contributed by atoms with Crippen LogP contribution in [0.2, 0.25) is 10.0 Å². The zero-order valence-corrected chi connectivity index (χ0v) is 16.0. The predicted molar refractivity (Wildman–Crippen MR) is 95.5 cm³/mol. The number of hydrogen-bond acceptors (Lipinski definition) is 6. The minimum absolute atomic E-state index is 0.294. The SMILES string of the molecule is COC(CNCc1cc(Cl)c(CNCC(OC)OC)cc1Cl)OC. The molecule has 0 unspecified atom stereocenters. The lowest BCUT2D eigenvalue weighted by Crippen LogP contribution is -2.30. The molecule has 0 heterocycles. The van der Waals surface area contributed by atoms with Gasteiger partial charge in [0.05, 0.1) is 0 Å². The van der Waals surface area contributed by atoms with E-state index in [1.807, 2.05) is 12.1 Å². The minimum Gasteiger partial charge on any atom is -0.355 e. The van der Waals surface area contributed by atoms with Gasteiger partial charge in [-0.2, -0.15) is 0 Å². The Bertz CT molecular complexity index is 440. The van der Waals surface area contributed by atoms with Crippen molar-refractivity contribution in [2.75, 3.05) is 41.5 Å². The molecule has 1 rings (SSSR count). The van der Waals surface area contributed by atoms with E-state index in [2.05, 4.69) is 10.6 Å². The molecule has 0 aliphatic rings. The van der Waals surface area contributed by atoms with Crippen molar-refractivity contribution in [2.24, 2.45) is 0 Å². The molecule has 1 aromatic carbocycles. The van der Waals surface area contributed by atoms with Gasteiger partial charge in [-0.3, -0.25) is 0 Å². The van der Waals surface area contributed by atoms with E-state index in [9.17, 15) is 0 Å². The van der Waals surface area contributed by atoms with E-state index < -0.39 is 0 Å². The lowest BCUT2D eigenvalue weighted by atomic mass is 10.1. The van der Waals surface area contributed by atoms with Gasteiger partial charge in [-0.05, 0) is 23.3 Å². The average Bonchev–Trinajstić information content (AvgIpc) is 2.59. The van der Waals surface area contributed by atoms with Gasteiger partial charge in [0.25, 0.3) is 0 Å². The van der Waals surface area contributed by atoms with Gasteiger partial charge in [-0.1, -0.05) is 23.2 Å². The third-order valence-corrected chi connectivity index (χ3v) is 4.22. The van der Waals surface area contributed by atoms with Crippen LogP contribution in [0.5, 0.6) is 0 Å². The van der Waals surface area contributed by atoms with Gasteiger partial charge in [0.2, 0.25) is 0 Å². The summed E-state index contributed by atoms with van der Waals surface area (Å²) >= 11 is 12.7. The lowest BCUT2D eigenvalue weighted by molar-refractivity contribution is -0.0990. The maximum Gasteiger partial charge on any atom is 0.169 e. The van der Waals surface area contributed by atoms with Crippen molar-refractivity contribution in [1.29, 1.82) is 0 Å². The van der Waals surface area contributed by atoms with Crippen molar-refractivity contribution in [1.82, 2.24) is 10.6 Å². The van der Waals surface area contributed by atoms with E-state index >= 15 is 0 Å². The molecule has 0 bridgehead atoms. The van der Waals surface area contributed by atoms with Crippen LogP contribution in [0.25, 0.3) is 0 Å². The number of nitrogens with one attached hydrogen (secondary N) is 2. The monoisotopic (exact) mass is 380 g/mol. The Balaban J connectivity index is 2.55. The number of methoxy groups -OCH3 is 4. The Morgan fingerprint density at radius 2 is 1.08 bits per heavy atom. The largest absolute Gasteiger partial charge is 0.355 e. The van der Waals surface area contributed by atoms with Gasteiger partial charge < -0.3 is 29.6 Å². The molecule has 0 amide bonds. The highest BCUT2D eigenvalue weighted by Gasteiger charge is 2.10. The van der Waals surface area contributed by atoms with Crippen LogP contribution in [0.4, 0.5) is 0 Å². The molecule has 0 aliphatic heterocycles. The molecule has 2 N–H and O–H groups in total. The maximum atomic E-state index is 6.34. The summed E-state index contributed by atoms with van der Waals surface area (Å²) in [6.45, 7) is 2.26. The maximum absolute atomic E-state index is 6.34. The quantitative estimate of drug-likeness (QED) is 0.543. The topological polar surface area (TPSA) is 61.0 Å². The molecule has 0 fully saturated rings. The first-order valence-electron chi connectivity index (χ1n) is 7.55. The van der Waals surface area contributed by atoms with Crippen molar-refractivity contribution >= 4 is 23.2 Å². The van der Waals surface area contributed by atoms with Crippen LogP contribution < -0.4 is 10.6 Å². The van der Waals surface area contributed by atoms with Gasteiger partial charge in [0, 0.05) is 64.7 Å². The van der Waals surface area contributed by atoms with Crippen LogP contribution in [-0.4, -0.2) is 54.1 Å². The zero-order chi connectivity index (χ0) is 17.9. The van der Waals surface area contributed by atoms with Crippen LogP contribution >= 0.6 is 23.2 Å². The Labute approximate surface area is 153 Å². The van der Waals surface area contributed by atoms with Crippen LogP contribution in [0.3, 0.4) is 0 Å². The van der Waals surface area contributed by atoms with E-state index in [0.29, 0.717) is 36.2 Å². The number of halogens is 2. The summed E-state index contributed by atoms with van der Waals surface area (Å²) in [5.41, 5.74) is 1.84. The van der Waals surface area contributed by atoms with Crippen molar-refractivity contribution in [3.63, 3.8) is 0 Å². The summed E-state index contributed by atoms with van der Waals surface area (Å²) in [5, 5.41) is 7.76. The average molecular weight is 381 g/mol. The third kappa shape index (κ3) is 7.21. The van der Waals surface area contributed by atoms with E-state index in [-0.39, 0.29) is 12.6 Å². The number of rotatable bonds is 12. The highest BCUT2D eigenvalue weighted by atomic mass is 35.5. The number of benzene rings is 1. The summed E-state index contributed by atoms with van der Waals surface area (Å²) in [6.07, 6.45) is -0.588. The molecule has 0 aliphatic carbocycles. The molecule has 0 aromatic heterocycles. The molecule has 0 spiro atoms. The minimum atomic E-state index is -0.294. The summed E-state index contributed by atoms with van der Waals surface area (Å²) in [4.78, 5) is 0. The standard InChI is InChI=1S/C16H26Cl2N2O4/c1-21-15(22-2)9-19-7-11-5-14(18)12(6-13(11)17)8-20-10-16(23-3)24-4/h5-6,15-16,19-20H,7-10H2,1-4H3. The first kappa shape index (κ1) is 21.6. The van der Waals surface area contributed by atoms with Crippen molar-refractivity contribution in [3.8, 4) is 0 Å². The van der Waals surface area contributed by atoms with E-state index in [4.69, 9.17) is 42.1 Å². The molecule has 0 saturated heterocycles. The molecule has 24 heavy (non-hydrogen) atoms. The molecule has 8 heteroatoms. The molecule has 0 atom stereocenters. The Morgan fingerprint density at radius 3 is 1.38 bits per heavy atom. The number of ether oxygens (including phenoxy) is 4.